The molecule has 0 unspecified atom stereocenters. The summed E-state index contributed by atoms with van der Waals surface area (Å²) in [5, 5.41) is 0.103. The molecule has 0 saturated heterocycles. The molecule has 106 valence electrons. The van der Waals surface area contributed by atoms with Gasteiger partial charge in [-0.05, 0) is 19.1 Å². The van der Waals surface area contributed by atoms with Gasteiger partial charge in [0.15, 0.2) is 0 Å². The van der Waals surface area contributed by atoms with Crippen LogP contribution >= 0.6 is 11.6 Å². The molecule has 0 saturated carbocycles. The van der Waals surface area contributed by atoms with Crippen LogP contribution in [0.15, 0.2) is 41.7 Å². The highest BCUT2D eigenvalue weighted by atomic mass is 35.5. The number of pyridine rings is 2. The van der Waals surface area contributed by atoms with Gasteiger partial charge in [-0.25, -0.2) is 13.4 Å². The van der Waals surface area contributed by atoms with E-state index in [1.54, 1.807) is 12.1 Å². The average Bonchev–Trinajstić information content (AvgIpc) is 2.41. The molecule has 6 nitrogen and oxygen atoms in total. The lowest BCUT2D eigenvalue weighted by molar-refractivity contribution is 0.327. The Morgan fingerprint density at radius 1 is 1.30 bits per heavy atom. The number of anilines is 1. The van der Waals surface area contributed by atoms with E-state index >= 15 is 0 Å². The Kier molecular flexibility index (Phi) is 4.41. The summed E-state index contributed by atoms with van der Waals surface area (Å²) in [6, 6.07) is 4.54. The highest BCUT2D eigenvalue weighted by Gasteiger charge is 2.18. The first kappa shape index (κ1) is 14.5. The van der Waals surface area contributed by atoms with Crippen molar-refractivity contribution in [2.24, 2.45) is 0 Å². The van der Waals surface area contributed by atoms with Gasteiger partial charge in [-0.3, -0.25) is 9.71 Å². The minimum atomic E-state index is -3.79. The van der Waals surface area contributed by atoms with Crippen molar-refractivity contribution in [2.75, 3.05) is 11.3 Å². The monoisotopic (exact) mass is 313 g/mol. The molecule has 0 aliphatic rings. The van der Waals surface area contributed by atoms with Gasteiger partial charge in [0, 0.05) is 18.5 Å². The number of nitrogens with zero attached hydrogens (tertiary/aromatic N) is 2. The van der Waals surface area contributed by atoms with Gasteiger partial charge in [0.1, 0.15) is 4.90 Å². The smallest absolute Gasteiger partial charge is 0.264 e. The van der Waals surface area contributed by atoms with E-state index < -0.39 is 10.0 Å². The predicted molar refractivity (Wildman–Crippen MR) is 75.5 cm³/mol. The van der Waals surface area contributed by atoms with Crippen molar-refractivity contribution in [1.82, 2.24) is 9.97 Å². The van der Waals surface area contributed by atoms with Crippen molar-refractivity contribution < 1.29 is 13.2 Å². The van der Waals surface area contributed by atoms with Crippen molar-refractivity contribution in [2.45, 2.75) is 11.8 Å². The Morgan fingerprint density at radius 3 is 2.70 bits per heavy atom. The Bertz CT molecular complexity index is 689. The Morgan fingerprint density at radius 2 is 2.10 bits per heavy atom. The topological polar surface area (TPSA) is 81.2 Å². The highest BCUT2D eigenvalue weighted by Crippen LogP contribution is 2.22. The molecule has 2 heterocycles. The van der Waals surface area contributed by atoms with E-state index in [0.29, 0.717) is 18.2 Å². The molecule has 0 amide bonds. The van der Waals surface area contributed by atoms with Gasteiger partial charge in [0.2, 0.25) is 5.88 Å². The second-order valence-electron chi connectivity index (χ2n) is 3.73. The number of hydrogen-bond acceptors (Lipinski definition) is 5. The number of ether oxygens (including phenoxy) is 1. The lowest BCUT2D eigenvalue weighted by Crippen LogP contribution is -2.14. The van der Waals surface area contributed by atoms with Crippen LogP contribution < -0.4 is 9.46 Å². The fourth-order valence-corrected chi connectivity index (χ4v) is 2.92. The average molecular weight is 314 g/mol. The molecular weight excluding hydrogens is 302 g/mol. The van der Waals surface area contributed by atoms with Crippen LogP contribution in [0, 0.1) is 0 Å². The fraction of sp³-hybridized carbons (Fsp3) is 0.167. The van der Waals surface area contributed by atoms with E-state index in [1.807, 2.05) is 6.92 Å². The lowest BCUT2D eigenvalue weighted by atomic mass is 10.4. The molecule has 0 atom stereocenters. The molecule has 0 aromatic carbocycles. The Balaban J connectivity index is 2.22. The number of sulfonamides is 1. The van der Waals surface area contributed by atoms with Gasteiger partial charge < -0.3 is 4.74 Å². The zero-order chi connectivity index (χ0) is 14.6. The highest BCUT2D eigenvalue weighted by molar-refractivity contribution is 7.92. The van der Waals surface area contributed by atoms with Gasteiger partial charge in [-0.1, -0.05) is 11.6 Å². The van der Waals surface area contributed by atoms with Crippen LogP contribution in [0.25, 0.3) is 0 Å². The summed E-state index contributed by atoms with van der Waals surface area (Å²) in [5.74, 6) is 0.426. The third kappa shape index (κ3) is 3.37. The van der Waals surface area contributed by atoms with Crippen LogP contribution in [0.5, 0.6) is 5.88 Å². The maximum Gasteiger partial charge on any atom is 0.264 e. The first-order chi connectivity index (χ1) is 9.53. The van der Waals surface area contributed by atoms with Crippen molar-refractivity contribution in [3.8, 4) is 5.88 Å². The van der Waals surface area contributed by atoms with Gasteiger partial charge in [0.25, 0.3) is 10.0 Å². The molecule has 0 spiro atoms. The van der Waals surface area contributed by atoms with E-state index in [2.05, 4.69) is 14.7 Å². The second kappa shape index (κ2) is 6.06. The van der Waals surface area contributed by atoms with Crippen LogP contribution in [0.1, 0.15) is 6.92 Å². The molecule has 0 bridgehead atoms. The minimum Gasteiger partial charge on any atom is -0.478 e. The Hall–Kier alpha value is -1.86. The van der Waals surface area contributed by atoms with Crippen LogP contribution in [0.4, 0.5) is 5.69 Å². The third-order valence-electron chi connectivity index (χ3n) is 2.30. The molecule has 2 aromatic rings. The zero-order valence-electron chi connectivity index (χ0n) is 10.6. The molecule has 0 aliphatic carbocycles. The first-order valence-electron chi connectivity index (χ1n) is 5.74. The maximum absolute atomic E-state index is 12.1. The van der Waals surface area contributed by atoms with Gasteiger partial charge in [-0.2, -0.15) is 0 Å². The van der Waals surface area contributed by atoms with E-state index in [-0.39, 0.29) is 9.92 Å². The zero-order valence-corrected chi connectivity index (χ0v) is 12.1. The Labute approximate surface area is 121 Å². The van der Waals surface area contributed by atoms with E-state index in [0.717, 1.165) is 0 Å². The predicted octanol–water partition coefficient (Wildman–Crippen LogP) is 2.33. The molecule has 2 aromatic heterocycles. The molecule has 1 N–H and O–H groups in total. The van der Waals surface area contributed by atoms with E-state index in [1.165, 1.54) is 24.7 Å². The quantitative estimate of drug-likeness (QED) is 0.916. The number of aromatic nitrogens is 2. The van der Waals surface area contributed by atoms with Crippen LogP contribution in [0.2, 0.25) is 5.02 Å². The number of hydrogen-bond donors (Lipinski definition) is 1. The van der Waals surface area contributed by atoms with Crippen molar-refractivity contribution in [1.29, 1.82) is 0 Å². The van der Waals surface area contributed by atoms with E-state index in [9.17, 15) is 8.42 Å². The first-order valence-corrected chi connectivity index (χ1v) is 7.60. The van der Waals surface area contributed by atoms with Crippen molar-refractivity contribution in [3.63, 3.8) is 0 Å². The summed E-state index contributed by atoms with van der Waals surface area (Å²) in [6.45, 7) is 2.33. The number of halogens is 1. The fourth-order valence-electron chi connectivity index (χ4n) is 1.44. The van der Waals surface area contributed by atoms with Crippen molar-refractivity contribution in [3.05, 3.63) is 41.8 Å². The normalized spacial score (nSPS) is 11.1. The number of rotatable bonds is 5. The molecule has 20 heavy (non-hydrogen) atoms. The number of nitrogens with one attached hydrogen (secondary N) is 1. The molecule has 2 rings (SSSR count). The SMILES string of the molecule is CCOc1ccc(NS(=O)(=O)c2cnccc2Cl)cn1. The molecular formula is C12H12ClN3O3S. The summed E-state index contributed by atoms with van der Waals surface area (Å²) >= 11 is 5.85. The van der Waals surface area contributed by atoms with Crippen molar-refractivity contribution >= 4 is 27.3 Å². The van der Waals surface area contributed by atoms with E-state index in [4.69, 9.17) is 16.3 Å². The van der Waals surface area contributed by atoms with Crippen LogP contribution in [-0.2, 0) is 10.0 Å². The second-order valence-corrected chi connectivity index (χ2v) is 5.79. The van der Waals surface area contributed by atoms with Gasteiger partial charge >= 0.3 is 0 Å². The maximum atomic E-state index is 12.1. The summed E-state index contributed by atoms with van der Waals surface area (Å²) in [6.07, 6.45) is 3.97. The summed E-state index contributed by atoms with van der Waals surface area (Å²) < 4.78 is 31.8. The van der Waals surface area contributed by atoms with Crippen LogP contribution in [0.3, 0.4) is 0 Å². The molecule has 0 radical (unpaired) electrons. The summed E-state index contributed by atoms with van der Waals surface area (Å²) in [7, 11) is -3.79. The van der Waals surface area contributed by atoms with Crippen LogP contribution in [-0.4, -0.2) is 25.0 Å². The third-order valence-corrected chi connectivity index (χ3v) is 4.15. The summed E-state index contributed by atoms with van der Waals surface area (Å²) in [5.41, 5.74) is 0.313. The summed E-state index contributed by atoms with van der Waals surface area (Å²) in [4.78, 5) is 7.64. The molecule has 0 aliphatic heterocycles. The standard InChI is InChI=1S/C12H12ClN3O3S/c1-2-19-12-4-3-9(7-15-12)16-20(17,18)11-8-14-6-5-10(11)13/h3-8,16H,2H2,1H3. The van der Waals surface area contributed by atoms with Gasteiger partial charge in [0.05, 0.1) is 23.5 Å². The minimum absolute atomic E-state index is 0.0875. The van der Waals surface area contributed by atoms with Gasteiger partial charge in [-0.15, -0.1) is 0 Å². The molecule has 0 fully saturated rings. The molecule has 8 heteroatoms. The lowest BCUT2D eigenvalue weighted by Gasteiger charge is -2.09. The largest absolute Gasteiger partial charge is 0.478 e.